The first-order valence-electron chi connectivity index (χ1n) is 5.24. The summed E-state index contributed by atoms with van der Waals surface area (Å²) in [5.41, 5.74) is 1.37. The number of amides is 1. The Hall–Kier alpha value is -1.64. The van der Waals surface area contributed by atoms with Crippen LogP contribution in [-0.4, -0.2) is 5.91 Å². The first-order valence-corrected chi connectivity index (χ1v) is 5.24. The monoisotopic (exact) mass is 221 g/mol. The fourth-order valence-corrected chi connectivity index (χ4v) is 1.37. The molecule has 0 radical (unpaired) electrons. The number of hydrogen-bond acceptors (Lipinski definition) is 1. The standard InChI is InChI=1S/C13H16FNO/c1-4-5-13(16)15-10(3)11-7-6-9(2)12(14)8-11/h4-8,10H,1-3H3,(H,15,16). The summed E-state index contributed by atoms with van der Waals surface area (Å²) < 4.78 is 13.3. The van der Waals surface area contributed by atoms with E-state index in [-0.39, 0.29) is 17.8 Å². The zero-order chi connectivity index (χ0) is 12.1. The van der Waals surface area contributed by atoms with Crippen molar-refractivity contribution in [1.29, 1.82) is 0 Å². The molecule has 1 unspecified atom stereocenters. The van der Waals surface area contributed by atoms with Gasteiger partial charge < -0.3 is 5.32 Å². The van der Waals surface area contributed by atoms with Gasteiger partial charge in [-0.05, 0) is 44.0 Å². The molecule has 0 spiro atoms. The van der Waals surface area contributed by atoms with Crippen LogP contribution in [-0.2, 0) is 4.79 Å². The van der Waals surface area contributed by atoms with E-state index in [2.05, 4.69) is 5.32 Å². The van der Waals surface area contributed by atoms with Gasteiger partial charge in [-0.3, -0.25) is 4.79 Å². The van der Waals surface area contributed by atoms with Crippen molar-refractivity contribution in [2.24, 2.45) is 0 Å². The maximum Gasteiger partial charge on any atom is 0.244 e. The van der Waals surface area contributed by atoms with Crippen LogP contribution in [0.5, 0.6) is 0 Å². The van der Waals surface area contributed by atoms with Crippen molar-refractivity contribution in [3.8, 4) is 0 Å². The molecule has 0 aromatic heterocycles. The Morgan fingerprint density at radius 3 is 2.75 bits per heavy atom. The first kappa shape index (κ1) is 12.4. The van der Waals surface area contributed by atoms with Crippen molar-refractivity contribution in [2.45, 2.75) is 26.8 Å². The molecular formula is C13H16FNO. The van der Waals surface area contributed by atoms with Gasteiger partial charge in [-0.2, -0.15) is 0 Å². The van der Waals surface area contributed by atoms with E-state index in [4.69, 9.17) is 0 Å². The third kappa shape index (κ3) is 3.19. The van der Waals surface area contributed by atoms with E-state index < -0.39 is 0 Å². The fraction of sp³-hybridized carbons (Fsp3) is 0.308. The zero-order valence-electron chi connectivity index (χ0n) is 9.75. The van der Waals surface area contributed by atoms with Crippen molar-refractivity contribution in [3.63, 3.8) is 0 Å². The molecule has 0 saturated heterocycles. The van der Waals surface area contributed by atoms with Crippen molar-refractivity contribution < 1.29 is 9.18 Å². The molecular weight excluding hydrogens is 205 g/mol. The molecule has 1 aromatic rings. The summed E-state index contributed by atoms with van der Waals surface area (Å²) in [5, 5.41) is 2.75. The maximum atomic E-state index is 13.3. The van der Waals surface area contributed by atoms with Gasteiger partial charge in [-0.25, -0.2) is 4.39 Å². The van der Waals surface area contributed by atoms with Gasteiger partial charge in [0.05, 0.1) is 6.04 Å². The molecule has 1 aromatic carbocycles. The summed E-state index contributed by atoms with van der Waals surface area (Å²) in [5.74, 6) is -0.416. The van der Waals surface area contributed by atoms with Crippen molar-refractivity contribution in [3.05, 3.63) is 47.3 Å². The van der Waals surface area contributed by atoms with Gasteiger partial charge in [-0.1, -0.05) is 18.2 Å². The second-order valence-corrected chi connectivity index (χ2v) is 3.74. The molecule has 1 amide bonds. The predicted molar refractivity (Wildman–Crippen MR) is 62.5 cm³/mol. The SMILES string of the molecule is CC=CC(=O)NC(C)c1ccc(C)c(F)c1. The van der Waals surface area contributed by atoms with E-state index in [0.717, 1.165) is 5.56 Å². The van der Waals surface area contributed by atoms with Crippen LogP contribution in [0.4, 0.5) is 4.39 Å². The molecule has 86 valence electrons. The van der Waals surface area contributed by atoms with Gasteiger partial charge in [0.15, 0.2) is 0 Å². The topological polar surface area (TPSA) is 29.1 Å². The Kier molecular flexibility index (Phi) is 4.23. The summed E-state index contributed by atoms with van der Waals surface area (Å²) in [7, 11) is 0. The fourth-order valence-electron chi connectivity index (χ4n) is 1.37. The Bertz CT molecular complexity index is 412. The number of carbonyl (C=O) groups is 1. The van der Waals surface area contributed by atoms with Crippen LogP contribution in [0.3, 0.4) is 0 Å². The minimum absolute atomic E-state index is 0.170. The average molecular weight is 221 g/mol. The number of halogens is 1. The van der Waals surface area contributed by atoms with Crippen LogP contribution < -0.4 is 5.32 Å². The molecule has 1 N–H and O–H groups in total. The summed E-state index contributed by atoms with van der Waals surface area (Å²) in [4.78, 5) is 11.3. The van der Waals surface area contributed by atoms with Gasteiger partial charge >= 0.3 is 0 Å². The summed E-state index contributed by atoms with van der Waals surface area (Å²) in [6.45, 7) is 5.31. The van der Waals surface area contributed by atoms with Crippen molar-refractivity contribution in [1.82, 2.24) is 5.32 Å². The molecule has 2 nitrogen and oxygen atoms in total. The smallest absolute Gasteiger partial charge is 0.244 e. The number of hydrogen-bond donors (Lipinski definition) is 1. The second-order valence-electron chi connectivity index (χ2n) is 3.74. The van der Waals surface area contributed by atoms with E-state index in [1.165, 1.54) is 12.1 Å². The third-order valence-corrected chi connectivity index (χ3v) is 2.37. The predicted octanol–water partition coefficient (Wildman–Crippen LogP) is 2.89. The minimum atomic E-state index is -0.246. The number of aryl methyl sites for hydroxylation is 1. The lowest BCUT2D eigenvalue weighted by molar-refractivity contribution is -0.117. The molecule has 0 bridgehead atoms. The van der Waals surface area contributed by atoms with Crippen LogP contribution in [0, 0.1) is 12.7 Å². The highest BCUT2D eigenvalue weighted by molar-refractivity contribution is 5.87. The number of benzene rings is 1. The second kappa shape index (κ2) is 5.45. The molecule has 0 aliphatic carbocycles. The lowest BCUT2D eigenvalue weighted by Gasteiger charge is -2.13. The number of carbonyl (C=O) groups excluding carboxylic acids is 1. The third-order valence-electron chi connectivity index (χ3n) is 2.37. The average Bonchev–Trinajstić information content (AvgIpc) is 2.22. The van der Waals surface area contributed by atoms with Gasteiger partial charge in [-0.15, -0.1) is 0 Å². The first-order chi connectivity index (χ1) is 7.54. The highest BCUT2D eigenvalue weighted by atomic mass is 19.1. The lowest BCUT2D eigenvalue weighted by atomic mass is 10.1. The Balaban J connectivity index is 2.76. The van der Waals surface area contributed by atoms with E-state index in [0.29, 0.717) is 5.56 Å². The molecule has 0 aliphatic heterocycles. The van der Waals surface area contributed by atoms with Crippen LogP contribution in [0.2, 0.25) is 0 Å². The molecule has 0 heterocycles. The molecule has 0 aliphatic rings. The minimum Gasteiger partial charge on any atom is -0.346 e. The Morgan fingerprint density at radius 2 is 2.19 bits per heavy atom. The van der Waals surface area contributed by atoms with E-state index in [9.17, 15) is 9.18 Å². The number of nitrogens with one attached hydrogen (secondary N) is 1. The van der Waals surface area contributed by atoms with Gasteiger partial charge in [0.25, 0.3) is 0 Å². The molecule has 0 saturated carbocycles. The van der Waals surface area contributed by atoms with E-state index in [1.54, 1.807) is 26.0 Å². The van der Waals surface area contributed by atoms with Gasteiger partial charge in [0.2, 0.25) is 5.91 Å². The molecule has 1 rings (SSSR count). The highest BCUT2D eigenvalue weighted by Crippen LogP contribution is 2.16. The summed E-state index contributed by atoms with van der Waals surface area (Å²) in [6.07, 6.45) is 3.11. The van der Waals surface area contributed by atoms with Crippen LogP contribution in [0.15, 0.2) is 30.4 Å². The number of allylic oxidation sites excluding steroid dienone is 1. The van der Waals surface area contributed by atoms with Gasteiger partial charge in [0, 0.05) is 0 Å². The summed E-state index contributed by atoms with van der Waals surface area (Å²) in [6, 6.07) is 4.79. The highest BCUT2D eigenvalue weighted by Gasteiger charge is 2.08. The van der Waals surface area contributed by atoms with Crippen molar-refractivity contribution >= 4 is 5.91 Å². The lowest BCUT2D eigenvalue weighted by Crippen LogP contribution is -2.24. The van der Waals surface area contributed by atoms with E-state index in [1.807, 2.05) is 13.0 Å². The maximum absolute atomic E-state index is 13.3. The normalized spacial score (nSPS) is 12.8. The summed E-state index contributed by atoms with van der Waals surface area (Å²) >= 11 is 0. The molecule has 1 atom stereocenters. The van der Waals surface area contributed by atoms with E-state index >= 15 is 0 Å². The van der Waals surface area contributed by atoms with Crippen LogP contribution in [0.1, 0.15) is 31.0 Å². The molecule has 3 heteroatoms. The number of rotatable bonds is 3. The Labute approximate surface area is 95.2 Å². The Morgan fingerprint density at radius 1 is 1.50 bits per heavy atom. The molecule has 0 fully saturated rings. The van der Waals surface area contributed by atoms with Gasteiger partial charge in [0.1, 0.15) is 5.82 Å². The quantitative estimate of drug-likeness (QED) is 0.781. The van der Waals surface area contributed by atoms with Crippen LogP contribution in [0.25, 0.3) is 0 Å². The van der Waals surface area contributed by atoms with Crippen LogP contribution >= 0.6 is 0 Å². The molecule has 16 heavy (non-hydrogen) atoms. The zero-order valence-corrected chi connectivity index (χ0v) is 9.75. The van der Waals surface area contributed by atoms with Crippen molar-refractivity contribution in [2.75, 3.05) is 0 Å². The largest absolute Gasteiger partial charge is 0.346 e.